The quantitative estimate of drug-likeness (QED) is 0.751. The van der Waals surface area contributed by atoms with Gasteiger partial charge in [-0.1, -0.05) is 6.92 Å². The molecule has 4 nitrogen and oxygen atoms in total. The number of rotatable bonds is 1. The summed E-state index contributed by atoms with van der Waals surface area (Å²) < 4.78 is 5.72. The molecule has 0 radical (unpaired) electrons. The number of hydrogen-bond acceptors (Lipinski definition) is 4. The Morgan fingerprint density at radius 1 is 1.44 bits per heavy atom. The van der Waals surface area contributed by atoms with Gasteiger partial charge in [0, 0.05) is 12.7 Å². The lowest BCUT2D eigenvalue weighted by molar-refractivity contribution is 0.0683. The van der Waals surface area contributed by atoms with Gasteiger partial charge in [0.2, 0.25) is 0 Å². The van der Waals surface area contributed by atoms with Crippen molar-refractivity contribution >= 4 is 0 Å². The normalized spacial score (nSPS) is 33.8. The molecule has 3 unspecified atom stereocenters. The molecule has 0 saturated carbocycles. The summed E-state index contributed by atoms with van der Waals surface area (Å²) in [5.74, 6) is 2.55. The van der Waals surface area contributed by atoms with E-state index in [1.54, 1.807) is 0 Å². The van der Waals surface area contributed by atoms with Crippen molar-refractivity contribution < 1.29 is 4.42 Å². The summed E-state index contributed by atoms with van der Waals surface area (Å²) in [5.41, 5.74) is 3.23. The second-order valence-corrected chi connectivity index (χ2v) is 4.66. The Bertz CT molecular complexity index is 412. The molecule has 1 aromatic heterocycles. The summed E-state index contributed by atoms with van der Waals surface area (Å²) in [5, 5.41) is 5.78. The fraction of sp³-hybridized carbons (Fsp3) is 0.500. The molecular weight excluding hydrogens is 202 g/mol. The Balaban J connectivity index is 1.82. The van der Waals surface area contributed by atoms with Crippen LogP contribution in [0.3, 0.4) is 0 Å². The molecule has 1 aromatic rings. The molecule has 3 rings (SSSR count). The minimum Gasteiger partial charge on any atom is -0.465 e. The monoisotopic (exact) mass is 219 g/mol. The third-order valence-corrected chi connectivity index (χ3v) is 3.33. The van der Waals surface area contributed by atoms with E-state index in [0.29, 0.717) is 12.0 Å². The topological polar surface area (TPSA) is 40.4 Å². The van der Waals surface area contributed by atoms with E-state index in [0.717, 1.165) is 18.1 Å². The lowest BCUT2D eigenvalue weighted by atomic mass is 9.96. The molecule has 3 atom stereocenters. The number of nitrogens with zero attached hydrogens (tertiary/aromatic N) is 1. The van der Waals surface area contributed by atoms with Crippen LogP contribution in [0.25, 0.3) is 0 Å². The fourth-order valence-corrected chi connectivity index (χ4v) is 2.47. The highest BCUT2D eigenvalue weighted by molar-refractivity contribution is 5.14. The van der Waals surface area contributed by atoms with Crippen LogP contribution in [-0.2, 0) is 0 Å². The van der Waals surface area contributed by atoms with E-state index in [2.05, 4.69) is 34.8 Å². The summed E-state index contributed by atoms with van der Waals surface area (Å²) in [7, 11) is 0. The van der Waals surface area contributed by atoms with Crippen molar-refractivity contribution in [2.45, 2.75) is 26.1 Å². The molecule has 0 amide bonds. The first-order valence-electron chi connectivity index (χ1n) is 5.76. The van der Waals surface area contributed by atoms with Gasteiger partial charge in [0.15, 0.2) is 0 Å². The predicted molar refractivity (Wildman–Crippen MR) is 61.3 cm³/mol. The van der Waals surface area contributed by atoms with Crippen molar-refractivity contribution in [2.75, 3.05) is 6.54 Å². The van der Waals surface area contributed by atoms with Crippen LogP contribution in [0.2, 0.25) is 0 Å². The van der Waals surface area contributed by atoms with Crippen LogP contribution in [0.15, 0.2) is 28.8 Å². The van der Waals surface area contributed by atoms with E-state index in [-0.39, 0.29) is 6.17 Å². The lowest BCUT2D eigenvalue weighted by Crippen LogP contribution is -2.55. The number of furan rings is 1. The van der Waals surface area contributed by atoms with Gasteiger partial charge in [-0.05, 0) is 31.1 Å². The Hall–Kier alpha value is -1.26. The Morgan fingerprint density at radius 2 is 2.31 bits per heavy atom. The summed E-state index contributed by atoms with van der Waals surface area (Å²) in [6.07, 6.45) is 4.40. The first-order chi connectivity index (χ1) is 7.74. The highest BCUT2D eigenvalue weighted by atomic mass is 16.3. The van der Waals surface area contributed by atoms with Crippen LogP contribution in [0, 0.1) is 12.8 Å². The molecule has 1 fully saturated rings. The molecule has 1 saturated heterocycles. The van der Waals surface area contributed by atoms with E-state index in [4.69, 9.17) is 4.42 Å². The Labute approximate surface area is 95.3 Å². The number of hydrogen-bond donors (Lipinski definition) is 2. The molecule has 0 bridgehead atoms. The Morgan fingerprint density at radius 3 is 3.06 bits per heavy atom. The average Bonchev–Trinajstić information content (AvgIpc) is 2.84. The minimum absolute atomic E-state index is 0.284. The van der Waals surface area contributed by atoms with E-state index in [1.807, 2.05) is 19.2 Å². The SMILES string of the molecule is Cc1ccc(C2NC3C=CNN3CC2C)o1. The summed E-state index contributed by atoms with van der Waals surface area (Å²) in [6.45, 7) is 5.25. The van der Waals surface area contributed by atoms with Gasteiger partial charge in [0.1, 0.15) is 11.5 Å². The maximum atomic E-state index is 5.72. The molecule has 2 aliphatic rings. The molecule has 2 aliphatic heterocycles. The smallest absolute Gasteiger partial charge is 0.121 e. The Kier molecular flexibility index (Phi) is 2.26. The first kappa shape index (κ1) is 9.93. The molecule has 0 aliphatic carbocycles. The maximum Gasteiger partial charge on any atom is 0.121 e. The van der Waals surface area contributed by atoms with Gasteiger partial charge < -0.3 is 9.84 Å². The highest BCUT2D eigenvalue weighted by Crippen LogP contribution is 2.29. The van der Waals surface area contributed by atoms with Gasteiger partial charge in [-0.15, -0.1) is 0 Å². The van der Waals surface area contributed by atoms with Crippen LogP contribution in [0.1, 0.15) is 24.5 Å². The van der Waals surface area contributed by atoms with Crippen LogP contribution in [0.5, 0.6) is 0 Å². The molecule has 3 heterocycles. The minimum atomic E-state index is 0.284. The van der Waals surface area contributed by atoms with Crippen LogP contribution < -0.4 is 10.7 Å². The van der Waals surface area contributed by atoms with Crippen LogP contribution in [-0.4, -0.2) is 17.7 Å². The standard InChI is InChI=1S/C12H17N3O/c1-8-7-15-11(5-6-13-15)14-12(8)10-4-3-9(2)16-10/h3-6,8,11-14H,7H2,1-2H3. The average molecular weight is 219 g/mol. The van der Waals surface area contributed by atoms with Crippen molar-refractivity contribution in [1.82, 2.24) is 15.8 Å². The van der Waals surface area contributed by atoms with Gasteiger partial charge in [-0.2, -0.15) is 0 Å². The van der Waals surface area contributed by atoms with Crippen molar-refractivity contribution in [2.24, 2.45) is 5.92 Å². The van der Waals surface area contributed by atoms with E-state index >= 15 is 0 Å². The molecule has 2 N–H and O–H groups in total. The highest BCUT2D eigenvalue weighted by Gasteiger charge is 2.35. The zero-order chi connectivity index (χ0) is 11.1. The summed E-state index contributed by atoms with van der Waals surface area (Å²) in [4.78, 5) is 0. The fourth-order valence-electron chi connectivity index (χ4n) is 2.47. The summed E-state index contributed by atoms with van der Waals surface area (Å²) in [6, 6.07) is 4.41. The zero-order valence-corrected chi connectivity index (χ0v) is 9.60. The predicted octanol–water partition coefficient (Wildman–Crippen LogP) is 1.53. The number of aryl methyl sites for hydroxylation is 1. The molecule has 16 heavy (non-hydrogen) atoms. The zero-order valence-electron chi connectivity index (χ0n) is 9.60. The van der Waals surface area contributed by atoms with Crippen molar-refractivity contribution in [1.29, 1.82) is 0 Å². The third kappa shape index (κ3) is 1.54. The van der Waals surface area contributed by atoms with Crippen LogP contribution >= 0.6 is 0 Å². The molecular formula is C12H17N3O. The molecule has 0 aromatic carbocycles. The van der Waals surface area contributed by atoms with Gasteiger partial charge in [0.25, 0.3) is 0 Å². The van der Waals surface area contributed by atoms with Crippen molar-refractivity contribution in [3.05, 3.63) is 35.9 Å². The van der Waals surface area contributed by atoms with Crippen molar-refractivity contribution in [3.63, 3.8) is 0 Å². The van der Waals surface area contributed by atoms with Gasteiger partial charge in [0.05, 0.1) is 12.2 Å². The molecule has 0 spiro atoms. The van der Waals surface area contributed by atoms with Gasteiger partial charge >= 0.3 is 0 Å². The number of fused-ring (bicyclic) bond motifs is 1. The van der Waals surface area contributed by atoms with E-state index in [9.17, 15) is 0 Å². The first-order valence-corrected chi connectivity index (χ1v) is 5.76. The van der Waals surface area contributed by atoms with Crippen molar-refractivity contribution in [3.8, 4) is 0 Å². The second-order valence-electron chi connectivity index (χ2n) is 4.66. The summed E-state index contributed by atoms with van der Waals surface area (Å²) >= 11 is 0. The van der Waals surface area contributed by atoms with E-state index < -0.39 is 0 Å². The largest absolute Gasteiger partial charge is 0.465 e. The maximum absolute atomic E-state index is 5.72. The van der Waals surface area contributed by atoms with Gasteiger partial charge in [-0.3, -0.25) is 5.32 Å². The molecule has 86 valence electrons. The number of nitrogens with one attached hydrogen (secondary N) is 2. The van der Waals surface area contributed by atoms with Gasteiger partial charge in [-0.25, -0.2) is 5.01 Å². The lowest BCUT2D eigenvalue weighted by Gasteiger charge is -2.39. The number of hydrazine groups is 1. The van der Waals surface area contributed by atoms with E-state index in [1.165, 1.54) is 0 Å². The van der Waals surface area contributed by atoms with Crippen LogP contribution in [0.4, 0.5) is 0 Å². The third-order valence-electron chi connectivity index (χ3n) is 3.33. The molecule has 4 heteroatoms. The second kappa shape index (κ2) is 3.64.